The summed E-state index contributed by atoms with van der Waals surface area (Å²) in [5, 5.41) is 11.5. The van der Waals surface area contributed by atoms with Crippen LogP contribution in [0.5, 0.6) is 5.75 Å². The number of rotatable bonds is 4. The molecule has 0 aliphatic heterocycles. The summed E-state index contributed by atoms with van der Waals surface area (Å²) in [6, 6.07) is 10.1. The van der Waals surface area contributed by atoms with Crippen LogP contribution in [0.2, 0.25) is 15.1 Å². The van der Waals surface area contributed by atoms with Gasteiger partial charge in [-0.1, -0.05) is 40.9 Å². The van der Waals surface area contributed by atoms with E-state index in [1.807, 2.05) is 6.07 Å². The molecular weight excluding hydrogens is 385 g/mol. The molecule has 0 fully saturated rings. The smallest absolute Gasteiger partial charge is 0.354 e. The molecule has 1 aromatic heterocycles. The monoisotopic (exact) mass is 397 g/mol. The normalized spacial score (nSPS) is 11.0. The molecule has 0 aliphatic rings. The Labute approximate surface area is 159 Å². The lowest BCUT2D eigenvalue weighted by molar-refractivity contribution is 0.0515. The molecule has 4 nitrogen and oxygen atoms in total. The molecule has 3 aromatic rings. The molecular formula is C18H14Cl3NO3. The Morgan fingerprint density at radius 1 is 1.12 bits per heavy atom. The second-order valence-electron chi connectivity index (χ2n) is 5.42. The third kappa shape index (κ3) is 3.43. The molecule has 2 aromatic carbocycles. The molecule has 25 heavy (non-hydrogen) atoms. The highest BCUT2D eigenvalue weighted by atomic mass is 35.5. The van der Waals surface area contributed by atoms with E-state index in [1.54, 1.807) is 35.8 Å². The van der Waals surface area contributed by atoms with Gasteiger partial charge in [0.2, 0.25) is 0 Å². The quantitative estimate of drug-likeness (QED) is 0.588. The van der Waals surface area contributed by atoms with Crippen molar-refractivity contribution in [3.63, 3.8) is 0 Å². The minimum absolute atomic E-state index is 0.0451. The summed E-state index contributed by atoms with van der Waals surface area (Å²) >= 11 is 18.2. The van der Waals surface area contributed by atoms with Crippen molar-refractivity contribution >= 4 is 51.7 Å². The van der Waals surface area contributed by atoms with Crippen LogP contribution < -0.4 is 0 Å². The molecule has 0 atom stereocenters. The Morgan fingerprint density at radius 3 is 2.56 bits per heavy atom. The summed E-state index contributed by atoms with van der Waals surface area (Å²) in [6.45, 7) is 2.37. The van der Waals surface area contributed by atoms with Crippen LogP contribution in [0.15, 0.2) is 36.4 Å². The van der Waals surface area contributed by atoms with Gasteiger partial charge in [-0.05, 0) is 42.8 Å². The van der Waals surface area contributed by atoms with E-state index in [9.17, 15) is 9.90 Å². The van der Waals surface area contributed by atoms with Gasteiger partial charge in [0.1, 0.15) is 11.4 Å². The second kappa shape index (κ2) is 7.16. The molecule has 1 heterocycles. The first-order valence-corrected chi connectivity index (χ1v) is 8.67. The Balaban J connectivity index is 2.16. The fraction of sp³-hybridized carbons (Fsp3) is 0.167. The third-order valence-corrected chi connectivity index (χ3v) is 4.94. The number of esters is 1. The average Bonchev–Trinajstić information content (AvgIpc) is 2.94. The van der Waals surface area contributed by atoms with Crippen LogP contribution in [0.1, 0.15) is 23.0 Å². The molecule has 0 radical (unpaired) electrons. The van der Waals surface area contributed by atoms with Crippen LogP contribution in [-0.4, -0.2) is 22.2 Å². The Morgan fingerprint density at radius 2 is 1.88 bits per heavy atom. The van der Waals surface area contributed by atoms with Gasteiger partial charge >= 0.3 is 5.97 Å². The van der Waals surface area contributed by atoms with E-state index in [1.165, 1.54) is 6.07 Å². The zero-order valence-corrected chi connectivity index (χ0v) is 15.5. The number of phenolic OH excluding ortho intramolecular Hbond substituents is 1. The van der Waals surface area contributed by atoms with Crippen LogP contribution in [0, 0.1) is 0 Å². The highest BCUT2D eigenvalue weighted by Crippen LogP contribution is 2.35. The molecule has 7 heteroatoms. The lowest BCUT2D eigenvalue weighted by Gasteiger charge is -2.11. The summed E-state index contributed by atoms with van der Waals surface area (Å²) in [5.74, 6) is -0.509. The molecule has 130 valence electrons. The maximum Gasteiger partial charge on any atom is 0.354 e. The fourth-order valence-electron chi connectivity index (χ4n) is 2.65. The number of benzene rings is 2. The van der Waals surface area contributed by atoms with E-state index in [0.29, 0.717) is 33.2 Å². The number of ether oxygens (including phenoxy) is 1. The van der Waals surface area contributed by atoms with Gasteiger partial charge in [0.05, 0.1) is 27.2 Å². The van der Waals surface area contributed by atoms with E-state index < -0.39 is 5.97 Å². The number of carbonyl (C=O) groups is 1. The predicted octanol–water partition coefficient (Wildman–Crippen LogP) is 5.53. The number of phenols is 1. The molecule has 0 aliphatic carbocycles. The van der Waals surface area contributed by atoms with E-state index in [2.05, 4.69) is 0 Å². The molecule has 0 saturated carbocycles. The van der Waals surface area contributed by atoms with Crippen molar-refractivity contribution in [3.8, 4) is 5.75 Å². The molecule has 0 saturated heterocycles. The lowest BCUT2D eigenvalue weighted by Crippen LogP contribution is -2.12. The van der Waals surface area contributed by atoms with Crippen molar-refractivity contribution in [2.24, 2.45) is 0 Å². The number of aromatic nitrogens is 1. The first kappa shape index (κ1) is 17.9. The summed E-state index contributed by atoms with van der Waals surface area (Å²) in [4.78, 5) is 12.3. The van der Waals surface area contributed by atoms with Gasteiger partial charge in [-0.2, -0.15) is 0 Å². The van der Waals surface area contributed by atoms with Crippen molar-refractivity contribution < 1.29 is 14.6 Å². The van der Waals surface area contributed by atoms with Crippen molar-refractivity contribution in [2.45, 2.75) is 13.5 Å². The number of fused-ring (bicyclic) bond motifs is 1. The van der Waals surface area contributed by atoms with Gasteiger partial charge < -0.3 is 14.4 Å². The van der Waals surface area contributed by atoms with Gasteiger partial charge in [0.25, 0.3) is 0 Å². The van der Waals surface area contributed by atoms with Gasteiger partial charge in [0, 0.05) is 11.9 Å². The maximum atomic E-state index is 12.3. The zero-order chi connectivity index (χ0) is 18.1. The van der Waals surface area contributed by atoms with E-state index >= 15 is 0 Å². The highest BCUT2D eigenvalue weighted by molar-refractivity contribution is 6.42. The highest BCUT2D eigenvalue weighted by Gasteiger charge is 2.19. The van der Waals surface area contributed by atoms with Crippen LogP contribution in [0.4, 0.5) is 0 Å². The number of nitrogens with zero attached hydrogens (tertiary/aromatic N) is 1. The van der Waals surface area contributed by atoms with Gasteiger partial charge in [0.15, 0.2) is 0 Å². The van der Waals surface area contributed by atoms with Crippen LogP contribution in [-0.2, 0) is 11.3 Å². The molecule has 0 spiro atoms. The Kier molecular flexibility index (Phi) is 5.13. The van der Waals surface area contributed by atoms with E-state index in [0.717, 1.165) is 5.56 Å². The van der Waals surface area contributed by atoms with Gasteiger partial charge in [-0.3, -0.25) is 0 Å². The summed E-state index contributed by atoms with van der Waals surface area (Å²) in [5.41, 5.74) is 1.91. The number of carbonyl (C=O) groups excluding carboxylic acids is 1. The molecule has 1 N–H and O–H groups in total. The summed E-state index contributed by atoms with van der Waals surface area (Å²) < 4.78 is 6.91. The number of halogens is 3. The van der Waals surface area contributed by atoms with Crippen molar-refractivity contribution in [1.29, 1.82) is 0 Å². The van der Waals surface area contributed by atoms with Crippen LogP contribution >= 0.6 is 34.8 Å². The lowest BCUT2D eigenvalue weighted by atomic mass is 10.2. The zero-order valence-electron chi connectivity index (χ0n) is 13.2. The van der Waals surface area contributed by atoms with Gasteiger partial charge in [-0.25, -0.2) is 4.79 Å². The minimum atomic E-state index is -0.464. The van der Waals surface area contributed by atoms with Crippen LogP contribution in [0.3, 0.4) is 0 Å². The second-order valence-corrected chi connectivity index (χ2v) is 6.61. The average molecular weight is 399 g/mol. The van der Waals surface area contributed by atoms with Crippen molar-refractivity contribution in [3.05, 3.63) is 62.7 Å². The summed E-state index contributed by atoms with van der Waals surface area (Å²) in [6.07, 6.45) is 0. The fourth-order valence-corrected chi connectivity index (χ4v) is 3.19. The molecule has 0 amide bonds. The van der Waals surface area contributed by atoms with Gasteiger partial charge in [-0.15, -0.1) is 0 Å². The SMILES string of the molecule is CCOC(=O)c1cc2c(Cl)c(O)ccc2n1Cc1ccc(Cl)c(Cl)c1. The standard InChI is InChI=1S/C18H14Cl3NO3/c1-2-25-18(24)15-8-11-14(5-6-16(23)17(11)21)22(15)9-10-3-4-12(19)13(20)7-10/h3-8,23H,2,9H2,1H3. The molecule has 0 bridgehead atoms. The van der Waals surface area contributed by atoms with Crippen molar-refractivity contribution in [1.82, 2.24) is 4.57 Å². The number of hydrogen-bond donors (Lipinski definition) is 1. The largest absolute Gasteiger partial charge is 0.506 e. The number of aromatic hydroxyl groups is 1. The first-order chi connectivity index (χ1) is 11.9. The minimum Gasteiger partial charge on any atom is -0.506 e. The first-order valence-electron chi connectivity index (χ1n) is 7.54. The topological polar surface area (TPSA) is 51.5 Å². The molecule has 3 rings (SSSR count). The maximum absolute atomic E-state index is 12.3. The number of hydrogen-bond acceptors (Lipinski definition) is 3. The van der Waals surface area contributed by atoms with Crippen molar-refractivity contribution in [2.75, 3.05) is 6.61 Å². The predicted molar refractivity (Wildman–Crippen MR) is 100 cm³/mol. The van der Waals surface area contributed by atoms with E-state index in [4.69, 9.17) is 39.5 Å². The Bertz CT molecular complexity index is 966. The van der Waals surface area contributed by atoms with E-state index in [-0.39, 0.29) is 17.4 Å². The third-order valence-electron chi connectivity index (χ3n) is 3.81. The molecule has 0 unspecified atom stereocenters. The Hall–Kier alpha value is -1.88. The van der Waals surface area contributed by atoms with Crippen LogP contribution in [0.25, 0.3) is 10.9 Å². The summed E-state index contributed by atoms with van der Waals surface area (Å²) in [7, 11) is 0.